The minimum Gasteiger partial charge on any atom is -0.389 e. The molecule has 0 unspecified atom stereocenters. The Bertz CT molecular complexity index is 1040. The van der Waals surface area contributed by atoms with Crippen LogP contribution in [0.15, 0.2) is 24.8 Å². The lowest BCUT2D eigenvalue weighted by Crippen LogP contribution is -2.59. The number of fused-ring (bicyclic) bond motifs is 1. The third-order valence-electron chi connectivity index (χ3n) is 5.51. The summed E-state index contributed by atoms with van der Waals surface area (Å²) in [7, 11) is 0. The van der Waals surface area contributed by atoms with Crippen LogP contribution in [0.3, 0.4) is 0 Å². The molecule has 2 saturated heterocycles. The summed E-state index contributed by atoms with van der Waals surface area (Å²) in [6.45, 7) is 3.56. The number of aliphatic hydroxyl groups excluding tert-OH is 1. The lowest BCUT2D eigenvalue weighted by Gasteiger charge is -2.44. The Labute approximate surface area is 157 Å². The first-order chi connectivity index (χ1) is 13.3. The molecule has 0 aromatic carbocycles. The van der Waals surface area contributed by atoms with Crippen LogP contribution in [0.2, 0.25) is 0 Å². The maximum absolute atomic E-state index is 14.0. The van der Waals surface area contributed by atoms with E-state index in [1.165, 1.54) is 18.6 Å². The Morgan fingerprint density at radius 2 is 2.07 bits per heavy atom. The molecule has 148 valence electrons. The van der Waals surface area contributed by atoms with E-state index in [-0.39, 0.29) is 23.4 Å². The van der Waals surface area contributed by atoms with Gasteiger partial charge < -0.3 is 15.3 Å². The Morgan fingerprint density at radius 3 is 2.68 bits per heavy atom. The molecule has 0 bridgehead atoms. The summed E-state index contributed by atoms with van der Waals surface area (Å²) >= 11 is 0. The zero-order valence-electron chi connectivity index (χ0n) is 14.9. The second kappa shape index (κ2) is 5.92. The number of hydrogen-bond donors (Lipinski definition) is 2. The van der Waals surface area contributed by atoms with Crippen LogP contribution >= 0.6 is 0 Å². The highest BCUT2D eigenvalue weighted by Gasteiger charge is 2.42. The maximum Gasteiger partial charge on any atom is 0.433 e. The third-order valence-corrected chi connectivity index (χ3v) is 5.51. The van der Waals surface area contributed by atoms with E-state index in [2.05, 4.69) is 20.4 Å². The van der Waals surface area contributed by atoms with Gasteiger partial charge in [0.2, 0.25) is 0 Å². The molecule has 2 atom stereocenters. The van der Waals surface area contributed by atoms with E-state index in [0.717, 1.165) is 17.5 Å². The van der Waals surface area contributed by atoms with Gasteiger partial charge in [-0.3, -0.25) is 9.08 Å². The molecular formula is C17H18F3N7O. The van der Waals surface area contributed by atoms with Crippen molar-refractivity contribution in [1.82, 2.24) is 29.5 Å². The smallest absolute Gasteiger partial charge is 0.389 e. The van der Waals surface area contributed by atoms with Gasteiger partial charge in [-0.15, -0.1) is 0 Å². The van der Waals surface area contributed by atoms with Gasteiger partial charge in [0, 0.05) is 43.8 Å². The van der Waals surface area contributed by atoms with Crippen LogP contribution < -0.4 is 10.2 Å². The molecule has 8 nitrogen and oxygen atoms in total. The monoisotopic (exact) mass is 393 g/mol. The van der Waals surface area contributed by atoms with Gasteiger partial charge in [0.25, 0.3) is 0 Å². The van der Waals surface area contributed by atoms with Gasteiger partial charge >= 0.3 is 6.18 Å². The topological polar surface area (TPSA) is 83.5 Å². The number of imidazole rings is 1. The van der Waals surface area contributed by atoms with Crippen LogP contribution in [0, 0.1) is 0 Å². The van der Waals surface area contributed by atoms with Gasteiger partial charge in [0.05, 0.1) is 24.4 Å². The predicted octanol–water partition coefficient (Wildman–Crippen LogP) is 1.33. The first-order valence-electron chi connectivity index (χ1n) is 8.99. The van der Waals surface area contributed by atoms with E-state index < -0.39 is 18.0 Å². The van der Waals surface area contributed by atoms with Crippen LogP contribution in [-0.4, -0.2) is 61.0 Å². The number of nitrogens with one attached hydrogen (secondary N) is 1. The third kappa shape index (κ3) is 2.49. The highest BCUT2D eigenvalue weighted by Crippen LogP contribution is 2.40. The second-order valence-electron chi connectivity index (χ2n) is 7.23. The standard InChI is InChI=1S/C17H18F3N7O/c1-9-12(28)8-26(9)16-15-22-2-3-25(15)14(17(18,19)20)13(24-16)10-4-23-27(7-10)11-5-21-6-11/h2-4,7,9,11-12,21,28H,5-6,8H2,1H3/t9-,12+/m0/s1. The predicted molar refractivity (Wildman–Crippen MR) is 93.9 cm³/mol. The summed E-state index contributed by atoms with van der Waals surface area (Å²) in [4.78, 5) is 10.2. The van der Waals surface area contributed by atoms with Gasteiger partial charge in [-0.05, 0) is 6.92 Å². The first kappa shape index (κ1) is 17.4. The average Bonchev–Trinajstić information content (AvgIpc) is 3.25. The van der Waals surface area contributed by atoms with Gasteiger partial charge in [0.15, 0.2) is 17.2 Å². The van der Waals surface area contributed by atoms with Gasteiger partial charge in [-0.25, -0.2) is 9.97 Å². The first-order valence-corrected chi connectivity index (χ1v) is 8.99. The summed E-state index contributed by atoms with van der Waals surface area (Å²) in [6.07, 6.45) is 0.454. The molecule has 3 aromatic heterocycles. The van der Waals surface area contributed by atoms with Crippen molar-refractivity contribution < 1.29 is 18.3 Å². The van der Waals surface area contributed by atoms with Crippen molar-refractivity contribution in [2.24, 2.45) is 0 Å². The van der Waals surface area contributed by atoms with Crippen LogP contribution in [0.5, 0.6) is 0 Å². The van der Waals surface area contributed by atoms with E-state index in [4.69, 9.17) is 0 Å². The minimum atomic E-state index is -4.62. The highest BCUT2D eigenvalue weighted by atomic mass is 19.4. The summed E-state index contributed by atoms with van der Waals surface area (Å²) in [5.41, 5.74) is -0.668. The fourth-order valence-corrected chi connectivity index (χ4v) is 3.63. The number of alkyl halides is 3. The Kier molecular flexibility index (Phi) is 3.68. The lowest BCUT2D eigenvalue weighted by atomic mass is 10.0. The van der Waals surface area contributed by atoms with Crippen LogP contribution in [0.1, 0.15) is 18.7 Å². The Hall–Kier alpha value is -2.66. The fraction of sp³-hybridized carbons (Fsp3) is 0.471. The van der Waals surface area contributed by atoms with Crippen LogP contribution in [0.4, 0.5) is 19.0 Å². The van der Waals surface area contributed by atoms with Crippen LogP contribution in [0.25, 0.3) is 16.9 Å². The molecule has 2 aliphatic heterocycles. The molecule has 3 aromatic rings. The van der Waals surface area contributed by atoms with E-state index in [1.54, 1.807) is 22.7 Å². The zero-order valence-corrected chi connectivity index (χ0v) is 14.9. The summed E-state index contributed by atoms with van der Waals surface area (Å²) in [6, 6.07) is -0.119. The van der Waals surface area contributed by atoms with Crippen molar-refractivity contribution in [1.29, 1.82) is 0 Å². The maximum atomic E-state index is 14.0. The lowest BCUT2D eigenvalue weighted by molar-refractivity contribution is -0.141. The van der Waals surface area contributed by atoms with E-state index in [0.29, 0.717) is 17.9 Å². The van der Waals surface area contributed by atoms with E-state index >= 15 is 0 Å². The summed E-state index contributed by atoms with van der Waals surface area (Å²) in [5.74, 6) is 0.323. The molecule has 2 fully saturated rings. The average molecular weight is 393 g/mol. The van der Waals surface area contributed by atoms with Crippen molar-refractivity contribution in [3.8, 4) is 11.3 Å². The largest absolute Gasteiger partial charge is 0.433 e. The molecule has 11 heteroatoms. The van der Waals surface area contributed by atoms with E-state index in [9.17, 15) is 18.3 Å². The minimum absolute atomic E-state index is 0.116. The Balaban J connectivity index is 1.71. The van der Waals surface area contributed by atoms with Crippen molar-refractivity contribution in [3.63, 3.8) is 0 Å². The molecule has 0 radical (unpaired) electrons. The van der Waals surface area contributed by atoms with Gasteiger partial charge in [0.1, 0.15) is 5.69 Å². The van der Waals surface area contributed by atoms with Gasteiger partial charge in [-0.2, -0.15) is 18.3 Å². The fourth-order valence-electron chi connectivity index (χ4n) is 3.63. The molecule has 0 saturated carbocycles. The van der Waals surface area contributed by atoms with E-state index in [1.807, 2.05) is 0 Å². The van der Waals surface area contributed by atoms with Crippen molar-refractivity contribution in [2.75, 3.05) is 24.5 Å². The number of nitrogens with zero attached hydrogens (tertiary/aromatic N) is 6. The molecule has 0 aliphatic carbocycles. The molecule has 28 heavy (non-hydrogen) atoms. The molecule has 0 spiro atoms. The summed E-state index contributed by atoms with van der Waals surface area (Å²) < 4.78 is 44.6. The SMILES string of the molecule is C[C@H]1[C@H](O)CN1c1nc(-c2cnn(C3CNC3)c2)c(C(F)(F)F)n2ccnc12. The molecule has 2 N–H and O–H groups in total. The molecule has 5 rings (SSSR count). The molecule has 0 amide bonds. The molecular weight excluding hydrogens is 375 g/mol. The number of hydrogen-bond acceptors (Lipinski definition) is 6. The number of β-amino-alcohol motifs (C(OH)–C–C–N with tert-alkyl or cyclic N) is 1. The zero-order chi connectivity index (χ0) is 19.6. The molecule has 5 heterocycles. The van der Waals surface area contributed by atoms with Crippen molar-refractivity contribution in [2.45, 2.75) is 31.3 Å². The summed E-state index contributed by atoms with van der Waals surface area (Å²) in [5, 5.41) is 17.2. The van der Waals surface area contributed by atoms with Gasteiger partial charge in [-0.1, -0.05) is 0 Å². The highest BCUT2D eigenvalue weighted by molar-refractivity contribution is 5.73. The van der Waals surface area contributed by atoms with Crippen molar-refractivity contribution in [3.05, 3.63) is 30.5 Å². The Morgan fingerprint density at radius 1 is 1.29 bits per heavy atom. The van der Waals surface area contributed by atoms with Crippen molar-refractivity contribution >= 4 is 11.5 Å². The quantitative estimate of drug-likeness (QED) is 0.699. The number of aromatic nitrogens is 5. The van der Waals surface area contributed by atoms with Crippen LogP contribution in [-0.2, 0) is 6.18 Å². The number of rotatable bonds is 3. The number of anilines is 1. The normalized spacial score (nSPS) is 23.1. The number of aliphatic hydroxyl groups is 1. The second-order valence-corrected chi connectivity index (χ2v) is 7.23. The molecule has 2 aliphatic rings. The number of halogens is 3.